The van der Waals surface area contributed by atoms with Gasteiger partial charge in [-0.15, -0.1) is 0 Å². The summed E-state index contributed by atoms with van der Waals surface area (Å²) >= 11 is 0. The Morgan fingerprint density at radius 1 is 1.26 bits per heavy atom. The maximum absolute atomic E-state index is 13.1. The molecule has 1 aromatic carbocycles. The number of carbonyl (C=O) groups is 1. The zero-order valence-corrected chi connectivity index (χ0v) is 16.7. The van der Waals surface area contributed by atoms with Crippen LogP contribution >= 0.6 is 0 Å². The van der Waals surface area contributed by atoms with Crippen molar-refractivity contribution in [2.45, 2.75) is 50.0 Å². The molecule has 1 fully saturated rings. The average Bonchev–Trinajstić information content (AvgIpc) is 2.67. The molecule has 2 heterocycles. The van der Waals surface area contributed by atoms with E-state index in [1.54, 1.807) is 17.0 Å². The van der Waals surface area contributed by atoms with Gasteiger partial charge in [-0.3, -0.25) is 4.79 Å². The molecule has 0 atom stereocenters. The molecule has 0 spiro atoms. The average molecular weight is 396 g/mol. The number of piperidine rings is 1. The van der Waals surface area contributed by atoms with E-state index in [1.165, 1.54) is 11.2 Å². The lowest BCUT2D eigenvalue weighted by Crippen LogP contribution is -2.41. The lowest BCUT2D eigenvalue weighted by atomic mass is 10.0. The molecule has 150 valence electrons. The van der Waals surface area contributed by atoms with E-state index in [4.69, 9.17) is 10.5 Å². The van der Waals surface area contributed by atoms with Crippen LogP contribution in [0.4, 0.5) is 5.69 Å². The molecule has 2 aliphatic rings. The van der Waals surface area contributed by atoms with E-state index in [-0.39, 0.29) is 16.9 Å². The van der Waals surface area contributed by atoms with Gasteiger partial charge < -0.3 is 15.4 Å². The predicted molar refractivity (Wildman–Crippen MR) is 104 cm³/mol. The standard InChI is InChI=1S/C19H29N3O4S/c1-15(23)22-10-2-4-16-5-6-18(14-19(16)22)27(24,25)21-11-7-17(8-12-21)26-13-3-9-20/h5-6,14,17H,2-4,7-13,20H2,1H3. The van der Waals surface area contributed by atoms with Crippen LogP contribution in [-0.4, -0.2) is 57.5 Å². The Morgan fingerprint density at radius 2 is 2.00 bits per heavy atom. The quantitative estimate of drug-likeness (QED) is 0.737. The number of fused-ring (bicyclic) bond motifs is 1. The van der Waals surface area contributed by atoms with Crippen molar-refractivity contribution in [1.82, 2.24) is 4.31 Å². The summed E-state index contributed by atoms with van der Waals surface area (Å²) in [4.78, 5) is 13.8. The Bertz CT molecular complexity index is 773. The maximum Gasteiger partial charge on any atom is 0.243 e. The smallest absolute Gasteiger partial charge is 0.243 e. The van der Waals surface area contributed by atoms with Gasteiger partial charge in [-0.25, -0.2) is 8.42 Å². The summed E-state index contributed by atoms with van der Waals surface area (Å²) in [6.07, 6.45) is 4.06. The lowest BCUT2D eigenvalue weighted by Gasteiger charge is -2.32. The topological polar surface area (TPSA) is 92.9 Å². The summed E-state index contributed by atoms with van der Waals surface area (Å²) in [6.45, 7) is 4.28. The monoisotopic (exact) mass is 395 g/mol. The fourth-order valence-electron chi connectivity index (χ4n) is 3.76. The summed E-state index contributed by atoms with van der Waals surface area (Å²) in [6, 6.07) is 5.18. The number of sulfonamides is 1. The number of hydrogen-bond donors (Lipinski definition) is 1. The number of nitrogens with two attached hydrogens (primary N) is 1. The van der Waals surface area contributed by atoms with Crippen molar-refractivity contribution in [2.24, 2.45) is 5.73 Å². The van der Waals surface area contributed by atoms with Crippen molar-refractivity contribution in [3.63, 3.8) is 0 Å². The third-order valence-corrected chi connectivity index (χ3v) is 7.19. The number of carbonyl (C=O) groups excluding carboxylic acids is 1. The first-order valence-corrected chi connectivity index (χ1v) is 11.1. The molecule has 1 saturated heterocycles. The highest BCUT2D eigenvalue weighted by molar-refractivity contribution is 7.89. The Balaban J connectivity index is 1.73. The van der Waals surface area contributed by atoms with Crippen LogP contribution in [0, 0.1) is 0 Å². The molecular formula is C19H29N3O4S. The second kappa shape index (κ2) is 8.68. The molecule has 0 bridgehead atoms. The number of anilines is 1. The van der Waals surface area contributed by atoms with E-state index in [0.29, 0.717) is 45.6 Å². The first-order valence-electron chi connectivity index (χ1n) is 9.66. The molecule has 0 radical (unpaired) electrons. The fraction of sp³-hybridized carbons (Fsp3) is 0.632. The number of aryl methyl sites for hydroxylation is 1. The van der Waals surface area contributed by atoms with Crippen molar-refractivity contribution < 1.29 is 17.9 Å². The highest BCUT2D eigenvalue weighted by Crippen LogP contribution is 2.31. The van der Waals surface area contributed by atoms with Crippen molar-refractivity contribution in [1.29, 1.82) is 0 Å². The van der Waals surface area contributed by atoms with Gasteiger partial charge in [0.05, 0.1) is 11.0 Å². The molecule has 27 heavy (non-hydrogen) atoms. The van der Waals surface area contributed by atoms with Gasteiger partial charge in [0.2, 0.25) is 15.9 Å². The summed E-state index contributed by atoms with van der Waals surface area (Å²) in [5, 5.41) is 0. The highest BCUT2D eigenvalue weighted by atomic mass is 32.2. The first-order chi connectivity index (χ1) is 12.9. The number of benzene rings is 1. The van der Waals surface area contributed by atoms with Crippen LogP contribution < -0.4 is 10.6 Å². The van der Waals surface area contributed by atoms with Crippen molar-refractivity contribution >= 4 is 21.6 Å². The summed E-state index contributed by atoms with van der Waals surface area (Å²) < 4.78 is 33.4. The minimum Gasteiger partial charge on any atom is -0.378 e. The van der Waals surface area contributed by atoms with E-state index in [1.807, 2.05) is 6.07 Å². The van der Waals surface area contributed by atoms with Crippen LogP contribution in [0.1, 0.15) is 38.2 Å². The van der Waals surface area contributed by atoms with Crippen LogP contribution in [-0.2, 0) is 26.0 Å². The van der Waals surface area contributed by atoms with Crippen LogP contribution in [0.5, 0.6) is 0 Å². The Hall–Kier alpha value is -1.48. The second-order valence-electron chi connectivity index (χ2n) is 7.18. The number of nitrogens with zero attached hydrogens (tertiary/aromatic N) is 2. The van der Waals surface area contributed by atoms with Crippen LogP contribution in [0.15, 0.2) is 23.1 Å². The molecule has 1 amide bonds. The van der Waals surface area contributed by atoms with Crippen molar-refractivity contribution in [3.8, 4) is 0 Å². The molecule has 0 aromatic heterocycles. The molecule has 0 aliphatic carbocycles. The van der Waals surface area contributed by atoms with Gasteiger partial charge in [-0.05, 0) is 56.3 Å². The van der Waals surface area contributed by atoms with Gasteiger partial charge >= 0.3 is 0 Å². The Labute approximate surface area is 161 Å². The number of amides is 1. The van der Waals surface area contributed by atoms with E-state index in [0.717, 1.165) is 30.5 Å². The number of rotatable bonds is 6. The number of ether oxygens (including phenoxy) is 1. The Kier molecular flexibility index (Phi) is 6.52. The van der Waals surface area contributed by atoms with Gasteiger partial charge in [0, 0.05) is 38.9 Å². The SMILES string of the molecule is CC(=O)N1CCCc2ccc(S(=O)(=O)N3CCC(OCCCN)CC3)cc21. The highest BCUT2D eigenvalue weighted by Gasteiger charge is 2.31. The van der Waals surface area contributed by atoms with Gasteiger partial charge in [0.25, 0.3) is 0 Å². The molecule has 3 rings (SSSR count). The van der Waals surface area contributed by atoms with E-state index in [9.17, 15) is 13.2 Å². The van der Waals surface area contributed by atoms with Gasteiger partial charge in [0.1, 0.15) is 0 Å². The minimum atomic E-state index is -3.57. The minimum absolute atomic E-state index is 0.0547. The van der Waals surface area contributed by atoms with Crippen molar-refractivity contribution in [3.05, 3.63) is 23.8 Å². The zero-order chi connectivity index (χ0) is 19.4. The summed E-state index contributed by atoms with van der Waals surface area (Å²) in [5.41, 5.74) is 7.23. The molecule has 2 N–H and O–H groups in total. The lowest BCUT2D eigenvalue weighted by molar-refractivity contribution is -0.116. The van der Waals surface area contributed by atoms with Crippen LogP contribution in [0.25, 0.3) is 0 Å². The van der Waals surface area contributed by atoms with Gasteiger partial charge in [-0.1, -0.05) is 6.07 Å². The third-order valence-electron chi connectivity index (χ3n) is 5.30. The fourth-order valence-corrected chi connectivity index (χ4v) is 5.25. The Morgan fingerprint density at radius 3 is 2.67 bits per heavy atom. The third kappa shape index (κ3) is 4.51. The van der Waals surface area contributed by atoms with Crippen molar-refractivity contribution in [2.75, 3.05) is 37.7 Å². The molecule has 7 nitrogen and oxygen atoms in total. The summed E-state index contributed by atoms with van der Waals surface area (Å²) in [5.74, 6) is -0.0547. The summed E-state index contributed by atoms with van der Waals surface area (Å²) in [7, 11) is -3.57. The molecular weight excluding hydrogens is 366 g/mol. The van der Waals surface area contributed by atoms with Crippen LogP contribution in [0.2, 0.25) is 0 Å². The second-order valence-corrected chi connectivity index (χ2v) is 9.12. The number of hydrogen-bond acceptors (Lipinski definition) is 5. The molecule has 1 aromatic rings. The van der Waals surface area contributed by atoms with Crippen LogP contribution in [0.3, 0.4) is 0 Å². The van der Waals surface area contributed by atoms with E-state index in [2.05, 4.69) is 0 Å². The van der Waals surface area contributed by atoms with Gasteiger partial charge in [-0.2, -0.15) is 4.31 Å². The molecule has 0 unspecified atom stereocenters. The normalized spacial score (nSPS) is 19.1. The first kappa shape index (κ1) is 20.3. The van der Waals surface area contributed by atoms with E-state index >= 15 is 0 Å². The van der Waals surface area contributed by atoms with Gasteiger partial charge in [0.15, 0.2) is 0 Å². The van der Waals surface area contributed by atoms with E-state index < -0.39 is 10.0 Å². The largest absolute Gasteiger partial charge is 0.378 e. The molecule has 2 aliphatic heterocycles. The molecule has 8 heteroatoms. The maximum atomic E-state index is 13.1. The molecule has 0 saturated carbocycles. The zero-order valence-electron chi connectivity index (χ0n) is 15.9. The predicted octanol–water partition coefficient (Wildman–Crippen LogP) is 1.50.